The highest BCUT2D eigenvalue weighted by Gasteiger charge is 2.35. The number of rotatable bonds is 7. The van der Waals surface area contributed by atoms with Crippen LogP contribution in [0.3, 0.4) is 0 Å². The summed E-state index contributed by atoms with van der Waals surface area (Å²) >= 11 is 0. The molecule has 3 saturated heterocycles. The molecule has 0 radical (unpaired) electrons. The van der Waals surface area contributed by atoms with Crippen LogP contribution in [0.5, 0.6) is 5.75 Å². The Morgan fingerprint density at radius 2 is 1.93 bits per heavy atom. The Morgan fingerprint density at radius 1 is 1.11 bits per heavy atom. The Bertz CT molecular complexity index is 591. The maximum Gasteiger partial charge on any atom is 0.128 e. The molecule has 1 aromatic rings. The van der Waals surface area contributed by atoms with Crippen LogP contribution < -0.4 is 10.1 Å². The molecule has 4 rings (SSSR count). The van der Waals surface area contributed by atoms with Crippen LogP contribution in [0, 0.1) is 0 Å². The van der Waals surface area contributed by atoms with Gasteiger partial charge in [-0.25, -0.2) is 0 Å². The lowest BCUT2D eigenvalue weighted by Gasteiger charge is -2.45. The third-order valence-electron chi connectivity index (χ3n) is 6.43. The molecule has 0 aromatic heterocycles. The smallest absolute Gasteiger partial charge is 0.128 e. The molecular formula is C22H35N3O2. The number of nitrogens with one attached hydrogen (secondary N) is 1. The Kier molecular flexibility index (Phi) is 6.66. The average molecular weight is 374 g/mol. The number of hydrogen-bond acceptors (Lipinski definition) is 5. The van der Waals surface area contributed by atoms with Gasteiger partial charge >= 0.3 is 0 Å². The minimum Gasteiger partial charge on any atom is -0.487 e. The molecule has 5 nitrogen and oxygen atoms in total. The summed E-state index contributed by atoms with van der Waals surface area (Å²) in [6.45, 7) is 7.48. The third kappa shape index (κ3) is 4.83. The van der Waals surface area contributed by atoms with E-state index in [1.165, 1.54) is 51.7 Å². The number of benzene rings is 1. The summed E-state index contributed by atoms with van der Waals surface area (Å²) < 4.78 is 12.1. The van der Waals surface area contributed by atoms with Crippen molar-refractivity contribution < 1.29 is 9.47 Å². The van der Waals surface area contributed by atoms with Gasteiger partial charge in [0.15, 0.2) is 0 Å². The van der Waals surface area contributed by atoms with Crippen molar-refractivity contribution in [3.63, 3.8) is 0 Å². The van der Waals surface area contributed by atoms with Gasteiger partial charge in [0.1, 0.15) is 11.9 Å². The quantitative estimate of drug-likeness (QED) is 0.795. The number of likely N-dealkylation sites (tertiary alicyclic amines) is 1. The van der Waals surface area contributed by atoms with Crippen molar-refractivity contribution in [1.29, 1.82) is 0 Å². The fourth-order valence-electron chi connectivity index (χ4n) is 4.91. The van der Waals surface area contributed by atoms with Gasteiger partial charge in [-0.1, -0.05) is 24.6 Å². The summed E-state index contributed by atoms with van der Waals surface area (Å²) in [4.78, 5) is 5.28. The number of methoxy groups -OCH3 is 1. The first-order chi connectivity index (χ1) is 13.3. The van der Waals surface area contributed by atoms with Gasteiger partial charge in [-0.05, 0) is 51.4 Å². The zero-order valence-corrected chi connectivity index (χ0v) is 16.7. The summed E-state index contributed by atoms with van der Waals surface area (Å²) in [6.07, 6.45) is 6.87. The molecule has 1 N–H and O–H groups in total. The molecule has 150 valence electrons. The van der Waals surface area contributed by atoms with Crippen LogP contribution in [0.25, 0.3) is 0 Å². The van der Waals surface area contributed by atoms with Crippen LogP contribution in [0.4, 0.5) is 0 Å². The van der Waals surface area contributed by atoms with Crippen molar-refractivity contribution in [2.24, 2.45) is 0 Å². The first kappa shape index (κ1) is 19.2. The molecule has 1 aromatic carbocycles. The van der Waals surface area contributed by atoms with Crippen LogP contribution in [-0.2, 0) is 11.3 Å². The molecule has 3 fully saturated rings. The first-order valence-corrected chi connectivity index (χ1v) is 10.8. The van der Waals surface area contributed by atoms with Gasteiger partial charge in [0, 0.05) is 38.3 Å². The molecule has 5 heteroatoms. The number of para-hydroxylation sites is 1. The second kappa shape index (κ2) is 9.37. The Morgan fingerprint density at radius 3 is 2.78 bits per heavy atom. The fourth-order valence-corrected chi connectivity index (χ4v) is 4.91. The lowest BCUT2D eigenvalue weighted by molar-refractivity contribution is 0.0341. The maximum absolute atomic E-state index is 6.67. The number of piperidine rings is 1. The molecule has 0 amide bonds. The topological polar surface area (TPSA) is 37.0 Å². The monoisotopic (exact) mass is 373 g/mol. The summed E-state index contributed by atoms with van der Waals surface area (Å²) in [7, 11) is 1.75. The number of ether oxygens (including phenoxy) is 2. The lowest BCUT2D eigenvalue weighted by Crippen LogP contribution is -2.63. The highest BCUT2D eigenvalue weighted by Crippen LogP contribution is 2.25. The van der Waals surface area contributed by atoms with E-state index in [9.17, 15) is 0 Å². The first-order valence-electron chi connectivity index (χ1n) is 10.8. The van der Waals surface area contributed by atoms with Crippen LogP contribution in [0.1, 0.15) is 37.7 Å². The number of nitrogens with zero attached hydrogens (tertiary/aromatic N) is 2. The zero-order chi connectivity index (χ0) is 18.5. The van der Waals surface area contributed by atoms with Gasteiger partial charge in [0.2, 0.25) is 0 Å². The van der Waals surface area contributed by atoms with Gasteiger partial charge in [0.05, 0.1) is 12.6 Å². The Hall–Kier alpha value is -1.14. The SMILES string of the molecule is COCc1ccccc1OC(CN1CCCC1)C1CN2CCCCC2CN1. The largest absolute Gasteiger partial charge is 0.487 e. The predicted octanol–water partition coefficient (Wildman–Crippen LogP) is 2.50. The van der Waals surface area contributed by atoms with E-state index in [1.54, 1.807) is 7.11 Å². The Labute approximate surface area is 164 Å². The molecule has 3 unspecified atom stereocenters. The van der Waals surface area contributed by atoms with E-state index in [2.05, 4.69) is 39.4 Å². The van der Waals surface area contributed by atoms with Crippen LogP contribution in [0.15, 0.2) is 24.3 Å². The second-order valence-electron chi connectivity index (χ2n) is 8.36. The number of hydrogen-bond donors (Lipinski definition) is 1. The molecule has 3 heterocycles. The van der Waals surface area contributed by atoms with Crippen LogP contribution in [0.2, 0.25) is 0 Å². The van der Waals surface area contributed by atoms with Gasteiger partial charge in [0.25, 0.3) is 0 Å². The van der Waals surface area contributed by atoms with Crippen molar-refractivity contribution in [3.8, 4) is 5.75 Å². The highest BCUT2D eigenvalue weighted by molar-refractivity contribution is 5.33. The van der Waals surface area contributed by atoms with Crippen molar-refractivity contribution in [3.05, 3.63) is 29.8 Å². The fraction of sp³-hybridized carbons (Fsp3) is 0.727. The van der Waals surface area contributed by atoms with Crippen LogP contribution in [-0.4, -0.2) is 74.4 Å². The minimum absolute atomic E-state index is 0.170. The highest BCUT2D eigenvalue weighted by atomic mass is 16.5. The van der Waals surface area contributed by atoms with Gasteiger partial charge in [-0.2, -0.15) is 0 Å². The van der Waals surface area contributed by atoms with E-state index in [4.69, 9.17) is 9.47 Å². The van der Waals surface area contributed by atoms with E-state index in [0.29, 0.717) is 12.6 Å². The molecule has 3 aliphatic rings. The molecule has 0 bridgehead atoms. The molecule has 3 aliphatic heterocycles. The summed E-state index contributed by atoms with van der Waals surface area (Å²) in [5, 5.41) is 3.84. The van der Waals surface area contributed by atoms with E-state index < -0.39 is 0 Å². The van der Waals surface area contributed by atoms with Gasteiger partial charge in [-0.15, -0.1) is 0 Å². The summed E-state index contributed by atoms with van der Waals surface area (Å²) in [5.74, 6) is 0.978. The Balaban J connectivity index is 1.48. The second-order valence-corrected chi connectivity index (χ2v) is 8.36. The van der Waals surface area contributed by atoms with Gasteiger partial charge in [-0.3, -0.25) is 9.80 Å². The van der Waals surface area contributed by atoms with E-state index in [1.807, 2.05) is 0 Å². The van der Waals surface area contributed by atoms with Crippen molar-refractivity contribution >= 4 is 0 Å². The normalized spacial score (nSPS) is 28.0. The summed E-state index contributed by atoms with van der Waals surface area (Å²) in [5.41, 5.74) is 1.14. The summed E-state index contributed by atoms with van der Waals surface area (Å²) in [6, 6.07) is 9.45. The third-order valence-corrected chi connectivity index (χ3v) is 6.43. The average Bonchev–Trinajstić information content (AvgIpc) is 3.22. The predicted molar refractivity (Wildman–Crippen MR) is 108 cm³/mol. The van der Waals surface area contributed by atoms with E-state index >= 15 is 0 Å². The van der Waals surface area contributed by atoms with E-state index in [0.717, 1.165) is 37.0 Å². The van der Waals surface area contributed by atoms with Gasteiger partial charge < -0.3 is 14.8 Å². The lowest BCUT2D eigenvalue weighted by atomic mass is 9.96. The molecule has 0 saturated carbocycles. The van der Waals surface area contributed by atoms with Crippen LogP contribution >= 0.6 is 0 Å². The zero-order valence-electron chi connectivity index (χ0n) is 16.7. The molecule has 0 spiro atoms. The van der Waals surface area contributed by atoms with Crippen molar-refractivity contribution in [2.75, 3.05) is 46.4 Å². The van der Waals surface area contributed by atoms with Crippen molar-refractivity contribution in [1.82, 2.24) is 15.1 Å². The number of piperazine rings is 1. The minimum atomic E-state index is 0.170. The maximum atomic E-state index is 6.67. The molecular weight excluding hydrogens is 338 g/mol. The molecule has 27 heavy (non-hydrogen) atoms. The number of fused-ring (bicyclic) bond motifs is 1. The standard InChI is InChI=1S/C22H35N3O2/c1-26-17-18-8-2-3-10-21(18)27-22(16-24-11-6-7-12-24)20-15-25-13-5-4-9-19(25)14-23-20/h2-3,8,10,19-20,22-23H,4-7,9,11-17H2,1H3. The molecule has 3 atom stereocenters. The van der Waals surface area contributed by atoms with Crippen molar-refractivity contribution in [2.45, 2.75) is 56.9 Å². The van der Waals surface area contributed by atoms with E-state index in [-0.39, 0.29) is 6.10 Å². The molecule has 0 aliphatic carbocycles.